The maximum Gasteiger partial charge on any atom is 0.129 e. The van der Waals surface area contributed by atoms with Crippen LogP contribution in [0.25, 0.3) is 0 Å². The monoisotopic (exact) mass is 1100 g/mol. The van der Waals surface area contributed by atoms with Crippen molar-refractivity contribution in [2.24, 2.45) is 0 Å². The van der Waals surface area contributed by atoms with Crippen molar-refractivity contribution in [1.29, 1.82) is 0 Å². The summed E-state index contributed by atoms with van der Waals surface area (Å²) in [5.74, 6) is -0.0669. The topological polar surface area (TPSA) is 37.0 Å². The van der Waals surface area contributed by atoms with Gasteiger partial charge in [-0.1, -0.05) is 325 Å². The van der Waals surface area contributed by atoms with Crippen LogP contribution in [-0.4, -0.2) is 15.0 Å². The molecule has 0 radical (unpaired) electrons. The molecule has 0 unspecified atom stereocenters. The van der Waals surface area contributed by atoms with Gasteiger partial charge in [-0.05, 0) is 102 Å². The Morgan fingerprint density at radius 2 is 0.463 bits per heavy atom. The quantitative estimate of drug-likeness (QED) is 0.0662. The van der Waals surface area contributed by atoms with Gasteiger partial charge < -0.3 is 10.6 Å². The normalized spacial score (nSPS) is 11.4. The second-order valence-corrected chi connectivity index (χ2v) is 22.6. The molecule has 402 valence electrons. The minimum atomic E-state index is -0.134. The van der Waals surface area contributed by atoms with Crippen molar-refractivity contribution in [1.82, 2.24) is 4.98 Å². The predicted molar refractivity (Wildman–Crippen MR) is 351 cm³/mol. The second-order valence-electron chi connectivity index (χ2n) is 21.8. The molecule has 10 aromatic carbocycles. The first-order chi connectivity index (χ1) is 40.2. The van der Waals surface area contributed by atoms with Gasteiger partial charge in [0, 0.05) is 35.0 Å². The van der Waals surface area contributed by atoms with Crippen LogP contribution in [0.4, 0.5) is 11.4 Å². The molecule has 0 fully saturated rings. The molecule has 1 heterocycles. The highest BCUT2D eigenvalue weighted by Gasteiger charge is 2.31. The molecular formula is C77H67N3S2. The van der Waals surface area contributed by atoms with Crippen LogP contribution in [-0.2, 0) is 0 Å². The van der Waals surface area contributed by atoms with Crippen LogP contribution < -0.4 is 10.6 Å². The van der Waals surface area contributed by atoms with Gasteiger partial charge in [-0.2, -0.15) is 0 Å². The van der Waals surface area contributed by atoms with Crippen LogP contribution in [0, 0.1) is 0 Å². The molecule has 2 N–H and O–H groups in total. The van der Waals surface area contributed by atoms with Gasteiger partial charge in [0.2, 0.25) is 0 Å². The highest BCUT2D eigenvalue weighted by atomic mass is 32.1. The minimum absolute atomic E-state index is 0.134. The third-order valence-corrected chi connectivity index (χ3v) is 16.4. The molecular weight excluding hydrogens is 1030 g/mol. The van der Waals surface area contributed by atoms with Gasteiger partial charge in [0.05, 0.1) is 11.4 Å². The molecule has 0 spiro atoms. The molecule has 3 nitrogen and oxygen atoms in total. The summed E-state index contributed by atoms with van der Waals surface area (Å²) in [7, 11) is 0. The molecule has 0 aliphatic carbocycles. The van der Waals surface area contributed by atoms with Crippen LogP contribution in [0.2, 0.25) is 0 Å². The number of thiocarbonyl (C=S) groups is 2. The number of pyridine rings is 1. The fourth-order valence-corrected chi connectivity index (χ4v) is 12.1. The summed E-state index contributed by atoms with van der Waals surface area (Å²) in [5.41, 5.74) is 19.6. The highest BCUT2D eigenvalue weighted by molar-refractivity contribution is 7.81. The molecule has 0 aliphatic rings. The molecule has 1 aromatic heterocycles. The van der Waals surface area contributed by atoms with Crippen LogP contribution >= 0.6 is 24.4 Å². The number of nitrogens with one attached hydrogen (secondary N) is 2. The Kier molecular flexibility index (Phi) is 17.3. The van der Waals surface area contributed by atoms with E-state index in [1.165, 1.54) is 55.6 Å². The molecule has 82 heavy (non-hydrogen) atoms. The zero-order valence-electron chi connectivity index (χ0n) is 46.9. The van der Waals surface area contributed by atoms with Crippen LogP contribution in [0.15, 0.2) is 285 Å². The van der Waals surface area contributed by atoms with Crippen molar-refractivity contribution in [3.05, 3.63) is 374 Å². The number of aromatic nitrogens is 1. The van der Waals surface area contributed by atoms with E-state index < -0.39 is 0 Å². The predicted octanol–water partition coefficient (Wildman–Crippen LogP) is 19.6. The van der Waals surface area contributed by atoms with Crippen molar-refractivity contribution >= 4 is 45.8 Å². The van der Waals surface area contributed by atoms with E-state index >= 15 is 0 Å². The number of nitrogens with zero attached hydrogens (tertiary/aromatic N) is 1. The maximum absolute atomic E-state index is 6.65. The molecule has 0 amide bonds. The molecule has 5 heteroatoms. The van der Waals surface area contributed by atoms with Gasteiger partial charge in [-0.15, -0.1) is 0 Å². The number of benzene rings is 10. The summed E-state index contributed by atoms with van der Waals surface area (Å²) in [5, 5.41) is 7.92. The Hall–Kier alpha value is -8.87. The smallest absolute Gasteiger partial charge is 0.129 e. The van der Waals surface area contributed by atoms with Crippen molar-refractivity contribution in [2.75, 3.05) is 10.6 Å². The average Bonchev–Trinajstić information content (AvgIpc) is 3.58. The highest BCUT2D eigenvalue weighted by Crippen LogP contribution is 2.47. The zero-order valence-corrected chi connectivity index (χ0v) is 48.5. The lowest BCUT2D eigenvalue weighted by atomic mass is 9.77. The van der Waals surface area contributed by atoms with Gasteiger partial charge in [0.1, 0.15) is 9.98 Å². The maximum atomic E-state index is 6.65. The van der Waals surface area contributed by atoms with Gasteiger partial charge in [0.25, 0.3) is 0 Å². The summed E-state index contributed by atoms with van der Waals surface area (Å²) in [6, 6.07) is 102. The lowest BCUT2D eigenvalue weighted by molar-refractivity contribution is 0.847. The molecule has 11 aromatic rings. The van der Waals surface area contributed by atoms with Gasteiger partial charge in [-0.25, -0.2) is 4.98 Å². The summed E-state index contributed by atoms with van der Waals surface area (Å²) in [4.78, 5) is 6.40. The van der Waals surface area contributed by atoms with Crippen LogP contribution in [0.5, 0.6) is 0 Å². The van der Waals surface area contributed by atoms with Gasteiger partial charge in [-0.3, -0.25) is 0 Å². The van der Waals surface area contributed by atoms with Crippen molar-refractivity contribution in [2.45, 2.75) is 63.2 Å². The summed E-state index contributed by atoms with van der Waals surface area (Å²) < 4.78 is 0. The van der Waals surface area contributed by atoms with Gasteiger partial charge in [0.15, 0.2) is 0 Å². The molecule has 0 bridgehead atoms. The number of rotatable bonds is 18. The SMILES string of the molecule is CC(C)c1cc(C(c2ccccc2)c2ccccc2)c(NC(=S)c2cccc(C(=S)Nc3c(C(c4ccccc4)c4ccccc4)cc(C(C)C)cc3C(c3ccccc3)c3ccccc3)n2)c(C(c2ccccc2)c2ccccc2)c1. The third-order valence-electron chi connectivity index (χ3n) is 15.8. The first kappa shape index (κ1) is 55.1. The standard InChI is InChI=1S/C77H67N3S2/c1-52(2)62-48-64(70(54-30-13-5-14-31-54)55-32-15-6-16-33-55)74(65(49-62)71(56-34-17-7-18-35-56)57-36-19-8-20-37-57)79-76(81)68-46-29-47-69(78-68)77(82)80-75-66(72(58-38-21-9-22-39-58)59-40-23-10-24-41-59)50-63(53(3)4)51-67(75)73(60-42-25-11-26-43-60)61-44-27-12-28-45-61/h5-53,70-73H,1-4H3,(H,79,81)(H,80,82). The summed E-state index contributed by atoms with van der Waals surface area (Å²) >= 11 is 13.3. The van der Waals surface area contributed by atoms with E-state index in [9.17, 15) is 0 Å². The Labute approximate surface area is 495 Å². The molecule has 0 saturated carbocycles. The largest absolute Gasteiger partial charge is 0.344 e. The minimum Gasteiger partial charge on any atom is -0.344 e. The van der Waals surface area contributed by atoms with Crippen LogP contribution in [0.3, 0.4) is 0 Å². The van der Waals surface area contributed by atoms with E-state index in [0.717, 1.165) is 33.6 Å². The fraction of sp³-hybridized carbons (Fsp3) is 0.130. The molecule has 0 saturated heterocycles. The second kappa shape index (κ2) is 25.7. The Bertz CT molecular complexity index is 3270. The Morgan fingerprint density at radius 1 is 0.268 bits per heavy atom. The van der Waals surface area contributed by atoms with E-state index in [4.69, 9.17) is 29.4 Å². The first-order valence-corrected chi connectivity index (χ1v) is 29.4. The summed E-state index contributed by atoms with van der Waals surface area (Å²) in [6.07, 6.45) is 0. The third kappa shape index (κ3) is 12.2. The van der Waals surface area contributed by atoms with E-state index in [2.05, 4.69) is 305 Å². The lowest BCUT2D eigenvalue weighted by Gasteiger charge is -2.30. The van der Waals surface area contributed by atoms with Crippen LogP contribution in [0.1, 0.15) is 152 Å². The van der Waals surface area contributed by atoms with Gasteiger partial charge >= 0.3 is 0 Å². The molecule has 0 aliphatic heterocycles. The Morgan fingerprint density at radius 3 is 0.646 bits per heavy atom. The lowest BCUT2D eigenvalue weighted by Crippen LogP contribution is -2.22. The van der Waals surface area contributed by atoms with E-state index in [-0.39, 0.29) is 35.5 Å². The molecule has 11 rings (SSSR count). The van der Waals surface area contributed by atoms with E-state index in [1.54, 1.807) is 0 Å². The number of anilines is 2. The first-order valence-electron chi connectivity index (χ1n) is 28.5. The van der Waals surface area contributed by atoms with Crippen molar-refractivity contribution < 1.29 is 0 Å². The van der Waals surface area contributed by atoms with Crippen molar-refractivity contribution in [3.63, 3.8) is 0 Å². The Balaban J connectivity index is 1.08. The number of hydrogen-bond donors (Lipinski definition) is 2. The zero-order chi connectivity index (χ0) is 56.4. The molecule has 0 atom stereocenters. The van der Waals surface area contributed by atoms with Crippen molar-refractivity contribution in [3.8, 4) is 0 Å². The summed E-state index contributed by atoms with van der Waals surface area (Å²) in [6.45, 7) is 9.13. The fourth-order valence-electron chi connectivity index (χ4n) is 11.7. The van der Waals surface area contributed by atoms with E-state index in [0.29, 0.717) is 21.4 Å². The number of hydrogen-bond acceptors (Lipinski definition) is 3. The average molecular weight is 1100 g/mol. The van der Waals surface area contributed by atoms with E-state index in [1.807, 2.05) is 18.2 Å².